The maximum atomic E-state index is 12.1. The number of hydrogen-bond acceptors (Lipinski definition) is 6. The molecule has 34 heavy (non-hydrogen) atoms. The van der Waals surface area contributed by atoms with Crippen molar-refractivity contribution >= 4 is 22.1 Å². The molecule has 0 fully saturated rings. The topological polar surface area (TPSA) is 135 Å². The van der Waals surface area contributed by atoms with Crippen LogP contribution in [0.25, 0.3) is 0 Å². The SMILES string of the molecule is CCCCCCCCCCC(CCCCCCCCCC)(C(=O)[O-])C(C(=O)[O-])S(=O)(=O)O.[Li+].[Li+]. The van der Waals surface area contributed by atoms with Crippen molar-refractivity contribution in [2.75, 3.05) is 0 Å². The molecule has 1 unspecified atom stereocenters. The van der Waals surface area contributed by atoms with Crippen LogP contribution in [0.2, 0.25) is 0 Å². The van der Waals surface area contributed by atoms with Gasteiger partial charge in [-0.3, -0.25) is 4.55 Å². The molecule has 0 aliphatic rings. The Morgan fingerprint density at radius 2 is 0.971 bits per heavy atom. The molecule has 0 aromatic carbocycles. The molecule has 0 amide bonds. The van der Waals surface area contributed by atoms with Crippen LogP contribution in [0.5, 0.6) is 0 Å². The molecule has 190 valence electrons. The Morgan fingerprint density at radius 3 is 1.21 bits per heavy atom. The van der Waals surface area contributed by atoms with Crippen LogP contribution in [-0.4, -0.2) is 30.2 Å². The summed E-state index contributed by atoms with van der Waals surface area (Å²) in [4.78, 5) is 23.7. The first-order valence-electron chi connectivity index (χ1n) is 12.5. The molecule has 0 spiro atoms. The van der Waals surface area contributed by atoms with Gasteiger partial charge in [-0.15, -0.1) is 0 Å². The molecular formula is C24H44Li2O7S. The van der Waals surface area contributed by atoms with E-state index in [0.29, 0.717) is 25.7 Å². The number of carboxylic acid groups (broad SMARTS) is 2. The Hall–Kier alpha value is 0.0448. The van der Waals surface area contributed by atoms with Crippen LogP contribution >= 0.6 is 0 Å². The smallest absolute Gasteiger partial charge is 0.549 e. The molecule has 1 atom stereocenters. The zero-order valence-electron chi connectivity index (χ0n) is 22.1. The Labute approximate surface area is 231 Å². The molecule has 7 nitrogen and oxygen atoms in total. The quantitative estimate of drug-likeness (QED) is 0.103. The third kappa shape index (κ3) is 15.9. The number of hydrogen-bond donors (Lipinski definition) is 1. The number of rotatable bonds is 22. The molecular weight excluding hydrogens is 446 g/mol. The average Bonchev–Trinajstić information content (AvgIpc) is 2.70. The molecule has 0 heterocycles. The number of carbonyl (C=O) groups excluding carboxylic acids is 2. The van der Waals surface area contributed by atoms with Crippen molar-refractivity contribution in [1.82, 2.24) is 0 Å². The summed E-state index contributed by atoms with van der Waals surface area (Å²) in [5.74, 6) is -3.83. The van der Waals surface area contributed by atoms with Gasteiger partial charge in [0.2, 0.25) is 0 Å². The van der Waals surface area contributed by atoms with E-state index in [-0.39, 0.29) is 50.6 Å². The summed E-state index contributed by atoms with van der Waals surface area (Å²) < 4.78 is 33.2. The fraction of sp³-hybridized carbons (Fsp3) is 0.917. The van der Waals surface area contributed by atoms with E-state index >= 15 is 0 Å². The number of aliphatic carboxylic acids is 2. The van der Waals surface area contributed by atoms with Crippen molar-refractivity contribution < 1.29 is 70.5 Å². The Morgan fingerprint density at radius 1 is 0.676 bits per heavy atom. The van der Waals surface area contributed by atoms with E-state index in [2.05, 4.69) is 13.8 Å². The summed E-state index contributed by atoms with van der Waals surface area (Å²) >= 11 is 0. The van der Waals surface area contributed by atoms with Gasteiger partial charge in [-0.1, -0.05) is 117 Å². The molecule has 10 heteroatoms. The molecule has 0 saturated heterocycles. The van der Waals surface area contributed by atoms with Crippen LogP contribution in [-0.2, 0) is 19.7 Å². The van der Waals surface area contributed by atoms with Crippen molar-refractivity contribution in [3.8, 4) is 0 Å². The number of carbonyl (C=O) groups is 2. The van der Waals surface area contributed by atoms with E-state index in [1.807, 2.05) is 0 Å². The van der Waals surface area contributed by atoms with Gasteiger partial charge in [0.05, 0.1) is 5.97 Å². The molecule has 0 aromatic rings. The first kappa shape index (κ1) is 38.6. The molecule has 0 aliphatic heterocycles. The van der Waals surface area contributed by atoms with Crippen molar-refractivity contribution in [3.05, 3.63) is 0 Å². The molecule has 0 saturated carbocycles. The third-order valence-corrected chi connectivity index (χ3v) is 7.61. The van der Waals surface area contributed by atoms with E-state index in [0.717, 1.165) is 64.2 Å². The van der Waals surface area contributed by atoms with Crippen molar-refractivity contribution in [1.29, 1.82) is 0 Å². The van der Waals surface area contributed by atoms with E-state index in [4.69, 9.17) is 0 Å². The zero-order valence-corrected chi connectivity index (χ0v) is 22.9. The summed E-state index contributed by atoms with van der Waals surface area (Å²) in [6, 6.07) is 0. The Kier molecular flexibility index (Phi) is 25.3. The van der Waals surface area contributed by atoms with Gasteiger partial charge in [0, 0.05) is 11.4 Å². The first-order valence-corrected chi connectivity index (χ1v) is 14.0. The predicted molar refractivity (Wildman–Crippen MR) is 122 cm³/mol. The largest absolute Gasteiger partial charge is 1.00 e. The van der Waals surface area contributed by atoms with Gasteiger partial charge < -0.3 is 19.8 Å². The van der Waals surface area contributed by atoms with Crippen LogP contribution < -0.4 is 47.9 Å². The fourth-order valence-electron chi connectivity index (χ4n) is 4.48. The minimum atomic E-state index is -5.16. The van der Waals surface area contributed by atoms with Crippen molar-refractivity contribution in [2.24, 2.45) is 5.41 Å². The zero-order chi connectivity index (χ0) is 24.5. The van der Waals surface area contributed by atoms with E-state index in [9.17, 15) is 32.8 Å². The van der Waals surface area contributed by atoms with Gasteiger partial charge in [-0.05, 0) is 12.8 Å². The molecule has 1 N–H and O–H groups in total. The number of unbranched alkanes of at least 4 members (excludes halogenated alkanes) is 14. The van der Waals surface area contributed by atoms with E-state index in [1.165, 1.54) is 12.8 Å². The van der Waals surface area contributed by atoms with Crippen LogP contribution in [0, 0.1) is 5.41 Å². The minimum absolute atomic E-state index is 0. The summed E-state index contributed by atoms with van der Waals surface area (Å²) in [5.41, 5.74) is -2.18. The van der Waals surface area contributed by atoms with Gasteiger partial charge in [0.1, 0.15) is 5.25 Å². The summed E-state index contributed by atoms with van der Waals surface area (Å²) in [5, 5.41) is 21.2. The molecule has 0 radical (unpaired) electrons. The molecule has 0 aliphatic carbocycles. The molecule has 0 aromatic heterocycles. The normalized spacial score (nSPS) is 12.4. The second-order valence-corrected chi connectivity index (χ2v) is 10.6. The second-order valence-electron chi connectivity index (χ2n) is 9.11. The third-order valence-electron chi connectivity index (χ3n) is 6.37. The second kappa shape index (κ2) is 22.3. The molecule has 0 rings (SSSR count). The fourth-order valence-corrected chi connectivity index (χ4v) is 5.62. The van der Waals surface area contributed by atoms with E-state index in [1.54, 1.807) is 0 Å². The van der Waals surface area contributed by atoms with Gasteiger partial charge in [-0.25, -0.2) is 0 Å². The van der Waals surface area contributed by atoms with Crippen LogP contribution in [0.1, 0.15) is 129 Å². The van der Waals surface area contributed by atoms with Crippen LogP contribution in [0.4, 0.5) is 0 Å². The van der Waals surface area contributed by atoms with E-state index < -0.39 is 32.7 Å². The van der Waals surface area contributed by atoms with Gasteiger partial charge >= 0.3 is 37.7 Å². The average molecular weight is 491 g/mol. The summed E-state index contributed by atoms with van der Waals surface area (Å²) in [6.45, 7) is 4.27. The van der Waals surface area contributed by atoms with Crippen LogP contribution in [0.15, 0.2) is 0 Å². The Bertz CT molecular complexity index is 607. The van der Waals surface area contributed by atoms with Crippen molar-refractivity contribution in [3.63, 3.8) is 0 Å². The maximum absolute atomic E-state index is 12.1. The summed E-state index contributed by atoms with van der Waals surface area (Å²) in [7, 11) is -5.16. The van der Waals surface area contributed by atoms with Gasteiger partial charge in [0.25, 0.3) is 10.1 Å². The Balaban J connectivity index is -0.00000480. The van der Waals surface area contributed by atoms with Gasteiger partial charge in [0.15, 0.2) is 0 Å². The van der Waals surface area contributed by atoms with Crippen LogP contribution in [0.3, 0.4) is 0 Å². The first-order chi connectivity index (χ1) is 15.1. The maximum Gasteiger partial charge on any atom is 1.00 e. The summed E-state index contributed by atoms with van der Waals surface area (Å²) in [6.07, 6.45) is 14.6. The number of carboxylic acids is 2. The monoisotopic (exact) mass is 490 g/mol. The minimum Gasteiger partial charge on any atom is -0.549 e. The standard InChI is InChI=1S/C24H46O7S.2Li/c1-3-5-7-9-11-13-15-17-19-24(23(27)28,21(22(25)26)32(29,30)31)20-18-16-14-12-10-8-6-4-2;;/h21H,3-20H2,1-2H3,(H,25,26)(H,27,28)(H,29,30,31);;/q;2*+1/p-2. The van der Waals surface area contributed by atoms with Gasteiger partial charge in [-0.2, -0.15) is 8.42 Å². The van der Waals surface area contributed by atoms with Crippen molar-refractivity contribution in [2.45, 2.75) is 135 Å². The molecule has 0 bridgehead atoms. The predicted octanol–water partition coefficient (Wildman–Crippen LogP) is -2.20.